The summed E-state index contributed by atoms with van der Waals surface area (Å²) >= 11 is 0. The summed E-state index contributed by atoms with van der Waals surface area (Å²) in [5.41, 5.74) is 4.05. The number of anilines is 1. The van der Waals surface area contributed by atoms with Crippen LogP contribution in [0.2, 0.25) is 0 Å². The van der Waals surface area contributed by atoms with E-state index in [0.29, 0.717) is 0 Å². The first-order chi connectivity index (χ1) is 6.69. The van der Waals surface area contributed by atoms with Gasteiger partial charge in [0.2, 0.25) is 0 Å². The summed E-state index contributed by atoms with van der Waals surface area (Å²) < 4.78 is 0. The molecule has 0 atom stereocenters. The van der Waals surface area contributed by atoms with E-state index in [1.54, 1.807) is 0 Å². The van der Waals surface area contributed by atoms with Crippen molar-refractivity contribution in [3.63, 3.8) is 0 Å². The maximum absolute atomic E-state index is 3.78. The highest BCUT2D eigenvalue weighted by atomic mass is 15.1. The Kier molecular flexibility index (Phi) is 3.75. The van der Waals surface area contributed by atoms with Crippen LogP contribution in [0.5, 0.6) is 0 Å². The number of aryl methyl sites for hydroxylation is 1. The van der Waals surface area contributed by atoms with Crippen LogP contribution in [0.3, 0.4) is 0 Å². The van der Waals surface area contributed by atoms with Gasteiger partial charge in [0.25, 0.3) is 0 Å². The monoisotopic (exact) mass is 189 g/mol. The van der Waals surface area contributed by atoms with Crippen LogP contribution >= 0.6 is 0 Å². The molecule has 0 aliphatic carbocycles. The molecule has 0 bridgehead atoms. The zero-order valence-corrected chi connectivity index (χ0v) is 9.38. The lowest BCUT2D eigenvalue weighted by molar-refractivity contribution is 1.07. The lowest BCUT2D eigenvalue weighted by Crippen LogP contribution is -2.11. The molecule has 0 N–H and O–H groups in total. The minimum Gasteiger partial charge on any atom is -0.377 e. The standard InChI is InChI=1S/C13H19N/c1-5-7-12-9-8-11(6-2)10-13(12)14(3)4/h5,8-10H,1,6-7H2,2-4H3. The summed E-state index contributed by atoms with van der Waals surface area (Å²) in [6, 6.07) is 6.67. The second-order valence-electron chi connectivity index (χ2n) is 3.70. The van der Waals surface area contributed by atoms with Crippen molar-refractivity contribution in [2.45, 2.75) is 19.8 Å². The smallest absolute Gasteiger partial charge is 0.0399 e. The van der Waals surface area contributed by atoms with Crippen LogP contribution < -0.4 is 4.90 Å². The second kappa shape index (κ2) is 4.85. The Labute approximate surface area is 87.1 Å². The van der Waals surface area contributed by atoms with Gasteiger partial charge in [0.15, 0.2) is 0 Å². The van der Waals surface area contributed by atoms with Crippen molar-refractivity contribution in [1.82, 2.24) is 0 Å². The fraction of sp³-hybridized carbons (Fsp3) is 0.385. The molecule has 0 fully saturated rings. The molecule has 0 spiro atoms. The van der Waals surface area contributed by atoms with E-state index in [1.807, 2.05) is 6.08 Å². The van der Waals surface area contributed by atoms with Crippen molar-refractivity contribution >= 4 is 5.69 Å². The van der Waals surface area contributed by atoms with E-state index in [9.17, 15) is 0 Å². The second-order valence-corrected chi connectivity index (χ2v) is 3.70. The minimum absolute atomic E-state index is 0.942. The molecule has 14 heavy (non-hydrogen) atoms. The van der Waals surface area contributed by atoms with Crippen molar-refractivity contribution in [2.75, 3.05) is 19.0 Å². The van der Waals surface area contributed by atoms with E-state index in [0.717, 1.165) is 12.8 Å². The Morgan fingerprint density at radius 3 is 2.57 bits per heavy atom. The van der Waals surface area contributed by atoms with Crippen LogP contribution in [-0.2, 0) is 12.8 Å². The van der Waals surface area contributed by atoms with Crippen LogP contribution in [0, 0.1) is 0 Å². The zero-order valence-electron chi connectivity index (χ0n) is 9.38. The van der Waals surface area contributed by atoms with Crippen molar-refractivity contribution in [3.8, 4) is 0 Å². The van der Waals surface area contributed by atoms with Crippen LogP contribution in [-0.4, -0.2) is 14.1 Å². The van der Waals surface area contributed by atoms with Crippen molar-refractivity contribution in [3.05, 3.63) is 42.0 Å². The number of nitrogens with zero attached hydrogens (tertiary/aromatic N) is 1. The SMILES string of the molecule is C=CCc1ccc(CC)cc1N(C)C. The van der Waals surface area contributed by atoms with Gasteiger partial charge in [-0.15, -0.1) is 6.58 Å². The third-order valence-corrected chi connectivity index (χ3v) is 2.40. The summed E-state index contributed by atoms with van der Waals surface area (Å²) in [7, 11) is 4.17. The molecular weight excluding hydrogens is 170 g/mol. The molecule has 1 rings (SSSR count). The first-order valence-corrected chi connectivity index (χ1v) is 5.09. The molecule has 0 aliphatic heterocycles. The molecule has 1 aromatic carbocycles. The molecule has 0 aromatic heterocycles. The molecule has 1 heteroatoms. The number of hydrogen-bond donors (Lipinski definition) is 0. The lowest BCUT2D eigenvalue weighted by atomic mass is 10.0. The van der Waals surface area contributed by atoms with Crippen LogP contribution in [0.4, 0.5) is 5.69 Å². The predicted octanol–water partition coefficient (Wildman–Crippen LogP) is 3.04. The van der Waals surface area contributed by atoms with E-state index >= 15 is 0 Å². The first kappa shape index (κ1) is 10.8. The molecule has 1 aromatic rings. The Hall–Kier alpha value is -1.24. The highest BCUT2D eigenvalue weighted by Crippen LogP contribution is 2.21. The van der Waals surface area contributed by atoms with Gasteiger partial charge in [0.05, 0.1) is 0 Å². The van der Waals surface area contributed by atoms with Gasteiger partial charge < -0.3 is 4.90 Å². The number of allylic oxidation sites excluding steroid dienone is 1. The fourth-order valence-electron chi connectivity index (χ4n) is 1.57. The summed E-state index contributed by atoms with van der Waals surface area (Å²) in [6.45, 7) is 5.96. The van der Waals surface area contributed by atoms with E-state index in [4.69, 9.17) is 0 Å². The summed E-state index contributed by atoms with van der Waals surface area (Å²) in [4.78, 5) is 2.16. The molecule has 0 saturated heterocycles. The Morgan fingerprint density at radius 2 is 2.07 bits per heavy atom. The number of rotatable bonds is 4. The Balaban J connectivity index is 3.09. The highest BCUT2D eigenvalue weighted by molar-refractivity contribution is 5.55. The highest BCUT2D eigenvalue weighted by Gasteiger charge is 2.03. The molecule has 0 heterocycles. The van der Waals surface area contributed by atoms with Gasteiger partial charge in [-0.25, -0.2) is 0 Å². The third-order valence-electron chi connectivity index (χ3n) is 2.40. The zero-order chi connectivity index (χ0) is 10.6. The fourth-order valence-corrected chi connectivity index (χ4v) is 1.57. The molecule has 76 valence electrons. The van der Waals surface area contributed by atoms with Crippen molar-refractivity contribution in [1.29, 1.82) is 0 Å². The van der Waals surface area contributed by atoms with Gasteiger partial charge in [0.1, 0.15) is 0 Å². The molecule has 1 nitrogen and oxygen atoms in total. The largest absolute Gasteiger partial charge is 0.377 e. The summed E-state index contributed by atoms with van der Waals surface area (Å²) in [5.74, 6) is 0. The third kappa shape index (κ3) is 2.38. The van der Waals surface area contributed by atoms with E-state index in [2.05, 4.69) is 50.7 Å². The quantitative estimate of drug-likeness (QED) is 0.658. The topological polar surface area (TPSA) is 3.24 Å². The molecule has 0 radical (unpaired) electrons. The van der Waals surface area contributed by atoms with Gasteiger partial charge in [-0.3, -0.25) is 0 Å². The molecule has 0 unspecified atom stereocenters. The normalized spacial score (nSPS) is 9.93. The maximum atomic E-state index is 3.78. The number of hydrogen-bond acceptors (Lipinski definition) is 1. The van der Waals surface area contributed by atoms with Crippen molar-refractivity contribution < 1.29 is 0 Å². The van der Waals surface area contributed by atoms with Gasteiger partial charge in [-0.05, 0) is 30.0 Å². The van der Waals surface area contributed by atoms with Gasteiger partial charge in [0, 0.05) is 19.8 Å². The van der Waals surface area contributed by atoms with Gasteiger partial charge >= 0.3 is 0 Å². The van der Waals surface area contributed by atoms with Crippen LogP contribution in [0.15, 0.2) is 30.9 Å². The van der Waals surface area contributed by atoms with Gasteiger partial charge in [-0.2, -0.15) is 0 Å². The average molecular weight is 189 g/mol. The van der Waals surface area contributed by atoms with Crippen LogP contribution in [0.25, 0.3) is 0 Å². The van der Waals surface area contributed by atoms with E-state index in [1.165, 1.54) is 16.8 Å². The summed E-state index contributed by atoms with van der Waals surface area (Å²) in [6.07, 6.45) is 3.99. The van der Waals surface area contributed by atoms with Crippen molar-refractivity contribution in [2.24, 2.45) is 0 Å². The molecular formula is C13H19N. The molecule has 0 aliphatic rings. The predicted molar refractivity (Wildman–Crippen MR) is 64.0 cm³/mol. The lowest BCUT2D eigenvalue weighted by Gasteiger charge is -2.17. The number of benzene rings is 1. The van der Waals surface area contributed by atoms with E-state index < -0.39 is 0 Å². The average Bonchev–Trinajstić information content (AvgIpc) is 2.18. The molecule has 0 amide bonds. The Bertz CT molecular complexity index is 313. The van der Waals surface area contributed by atoms with E-state index in [-0.39, 0.29) is 0 Å². The Morgan fingerprint density at radius 1 is 1.36 bits per heavy atom. The van der Waals surface area contributed by atoms with Crippen LogP contribution in [0.1, 0.15) is 18.1 Å². The maximum Gasteiger partial charge on any atom is 0.0399 e. The minimum atomic E-state index is 0.942. The van der Waals surface area contributed by atoms with Gasteiger partial charge in [-0.1, -0.05) is 25.1 Å². The summed E-state index contributed by atoms with van der Waals surface area (Å²) in [5, 5.41) is 0. The molecule has 0 saturated carbocycles. The first-order valence-electron chi connectivity index (χ1n) is 5.09.